The summed E-state index contributed by atoms with van der Waals surface area (Å²) in [6.45, 7) is 11.0. The Morgan fingerprint density at radius 1 is 1.21 bits per heavy atom. The van der Waals surface area contributed by atoms with Crippen molar-refractivity contribution in [2.75, 3.05) is 5.32 Å². The molecule has 1 unspecified atom stereocenters. The lowest BCUT2D eigenvalue weighted by Crippen LogP contribution is -2.30. The molecule has 1 aromatic carbocycles. The zero-order valence-electron chi connectivity index (χ0n) is 17.0. The molecule has 1 amide bonds. The van der Waals surface area contributed by atoms with Crippen LogP contribution in [-0.4, -0.2) is 24.1 Å². The maximum Gasteiger partial charge on any atom is 0.341 e. The van der Waals surface area contributed by atoms with Gasteiger partial charge in [-0.15, -0.1) is 11.3 Å². The Bertz CT molecular complexity index is 876. The van der Waals surface area contributed by atoms with Crippen molar-refractivity contribution in [3.63, 3.8) is 0 Å². The zero-order valence-corrected chi connectivity index (χ0v) is 18.6. The minimum Gasteiger partial charge on any atom is -0.481 e. The van der Waals surface area contributed by atoms with Crippen molar-refractivity contribution in [3.8, 4) is 5.75 Å². The topological polar surface area (TPSA) is 64.6 Å². The number of anilines is 1. The summed E-state index contributed by atoms with van der Waals surface area (Å²) in [5.74, 6) is -0.173. The number of halogens is 1. The Kier molecular flexibility index (Phi) is 7.49. The fraction of sp³-hybridized carbons (Fsp3) is 0.429. The Morgan fingerprint density at radius 3 is 2.46 bits per heavy atom. The van der Waals surface area contributed by atoms with Gasteiger partial charge in [0, 0.05) is 9.90 Å². The molecule has 0 fully saturated rings. The molecule has 7 heteroatoms. The highest BCUT2D eigenvalue weighted by molar-refractivity contribution is 7.16. The van der Waals surface area contributed by atoms with Gasteiger partial charge in [0.05, 0.1) is 11.7 Å². The van der Waals surface area contributed by atoms with Crippen molar-refractivity contribution in [3.05, 3.63) is 44.8 Å². The van der Waals surface area contributed by atoms with Gasteiger partial charge in [0.2, 0.25) is 0 Å². The van der Waals surface area contributed by atoms with Gasteiger partial charge in [-0.05, 0) is 70.4 Å². The number of thiophene rings is 1. The third kappa shape index (κ3) is 5.26. The van der Waals surface area contributed by atoms with E-state index in [1.54, 1.807) is 39.0 Å². The summed E-state index contributed by atoms with van der Waals surface area (Å²) < 4.78 is 11.2. The van der Waals surface area contributed by atoms with E-state index in [2.05, 4.69) is 5.32 Å². The summed E-state index contributed by atoms with van der Waals surface area (Å²) in [6.07, 6.45) is -0.311. The maximum absolute atomic E-state index is 12.7. The number of rotatable bonds is 7. The SMILES string of the molecule is CCc1c(C)sc(NC(=O)C(C)Oc2ccc(Cl)cc2C)c1C(=O)OC(C)C. The molecule has 5 nitrogen and oxygen atoms in total. The van der Waals surface area contributed by atoms with Crippen LogP contribution in [0.25, 0.3) is 0 Å². The molecule has 152 valence electrons. The van der Waals surface area contributed by atoms with E-state index in [4.69, 9.17) is 21.1 Å². The Balaban J connectivity index is 2.21. The van der Waals surface area contributed by atoms with Gasteiger partial charge in [-0.25, -0.2) is 4.79 Å². The molecular weight excluding hydrogens is 398 g/mol. The number of carbonyl (C=O) groups is 2. The van der Waals surface area contributed by atoms with E-state index >= 15 is 0 Å². The average molecular weight is 424 g/mol. The third-order valence-electron chi connectivity index (χ3n) is 4.16. The van der Waals surface area contributed by atoms with Gasteiger partial charge in [0.15, 0.2) is 6.10 Å². The first-order valence-corrected chi connectivity index (χ1v) is 10.4. The van der Waals surface area contributed by atoms with Crippen LogP contribution in [0.4, 0.5) is 5.00 Å². The minimum atomic E-state index is -0.749. The number of hydrogen-bond acceptors (Lipinski definition) is 5. The summed E-state index contributed by atoms with van der Waals surface area (Å²) in [5, 5.41) is 3.94. The number of aryl methyl sites for hydroxylation is 2. The molecule has 0 saturated heterocycles. The molecule has 28 heavy (non-hydrogen) atoms. The first kappa shape index (κ1) is 22.2. The summed E-state index contributed by atoms with van der Waals surface area (Å²) in [6, 6.07) is 5.22. The minimum absolute atomic E-state index is 0.240. The van der Waals surface area contributed by atoms with E-state index in [-0.39, 0.29) is 12.0 Å². The lowest BCUT2D eigenvalue weighted by atomic mass is 10.1. The number of carbonyl (C=O) groups excluding carboxylic acids is 2. The molecule has 0 aliphatic rings. The second-order valence-corrected chi connectivity index (χ2v) is 8.47. The Morgan fingerprint density at radius 2 is 1.89 bits per heavy atom. The van der Waals surface area contributed by atoms with Gasteiger partial charge in [0.1, 0.15) is 10.8 Å². The van der Waals surface area contributed by atoms with Crippen LogP contribution in [-0.2, 0) is 16.0 Å². The van der Waals surface area contributed by atoms with Crippen molar-refractivity contribution in [1.29, 1.82) is 0 Å². The van der Waals surface area contributed by atoms with Crippen molar-refractivity contribution in [2.45, 2.75) is 60.2 Å². The van der Waals surface area contributed by atoms with Gasteiger partial charge >= 0.3 is 5.97 Å². The van der Waals surface area contributed by atoms with Gasteiger partial charge < -0.3 is 14.8 Å². The molecule has 2 rings (SSSR count). The molecule has 0 saturated carbocycles. The second kappa shape index (κ2) is 9.43. The number of esters is 1. The van der Waals surface area contributed by atoms with Gasteiger partial charge in [0.25, 0.3) is 5.91 Å². The summed E-state index contributed by atoms with van der Waals surface area (Å²) >= 11 is 7.33. The molecule has 1 atom stereocenters. The van der Waals surface area contributed by atoms with E-state index < -0.39 is 12.1 Å². The second-order valence-electron chi connectivity index (χ2n) is 6.81. The van der Waals surface area contributed by atoms with Crippen LogP contribution in [0.1, 0.15) is 54.1 Å². The molecular formula is C21H26ClNO4S. The quantitative estimate of drug-likeness (QED) is 0.593. The summed E-state index contributed by atoms with van der Waals surface area (Å²) in [4.78, 5) is 26.3. The molecule has 0 radical (unpaired) electrons. The molecule has 1 aromatic heterocycles. The van der Waals surface area contributed by atoms with Crippen LogP contribution in [0.2, 0.25) is 5.02 Å². The molecule has 0 aliphatic heterocycles. The lowest BCUT2D eigenvalue weighted by Gasteiger charge is -2.17. The summed E-state index contributed by atoms with van der Waals surface area (Å²) in [7, 11) is 0. The number of amides is 1. The van der Waals surface area contributed by atoms with Crippen molar-refractivity contribution in [1.82, 2.24) is 0 Å². The maximum atomic E-state index is 12.7. The van der Waals surface area contributed by atoms with Crippen molar-refractivity contribution >= 4 is 39.8 Å². The smallest absolute Gasteiger partial charge is 0.341 e. The fourth-order valence-corrected chi connectivity index (χ4v) is 4.15. The molecule has 2 aromatic rings. The normalized spacial score (nSPS) is 12.0. The highest BCUT2D eigenvalue weighted by Gasteiger charge is 2.26. The van der Waals surface area contributed by atoms with Crippen LogP contribution in [0.15, 0.2) is 18.2 Å². The predicted octanol–water partition coefficient (Wildman–Crippen LogP) is 5.55. The van der Waals surface area contributed by atoms with Crippen molar-refractivity contribution in [2.24, 2.45) is 0 Å². The molecule has 0 spiro atoms. The third-order valence-corrected chi connectivity index (χ3v) is 5.45. The number of ether oxygens (including phenoxy) is 2. The van der Waals surface area contributed by atoms with E-state index in [1.807, 2.05) is 20.8 Å². The monoisotopic (exact) mass is 423 g/mol. The van der Waals surface area contributed by atoms with Crippen LogP contribution in [0.5, 0.6) is 5.75 Å². The fourth-order valence-electron chi connectivity index (χ4n) is 2.78. The van der Waals surface area contributed by atoms with E-state index in [0.717, 1.165) is 16.0 Å². The Hall–Kier alpha value is -2.05. The zero-order chi connectivity index (χ0) is 21.0. The van der Waals surface area contributed by atoms with E-state index in [9.17, 15) is 9.59 Å². The molecule has 0 aliphatic carbocycles. The van der Waals surface area contributed by atoms with Crippen molar-refractivity contribution < 1.29 is 19.1 Å². The van der Waals surface area contributed by atoms with Crippen LogP contribution in [0.3, 0.4) is 0 Å². The van der Waals surface area contributed by atoms with E-state index in [0.29, 0.717) is 27.8 Å². The van der Waals surface area contributed by atoms with Crippen LogP contribution >= 0.6 is 22.9 Å². The Labute approximate surface area is 175 Å². The van der Waals surface area contributed by atoms with Gasteiger partial charge in [-0.1, -0.05) is 18.5 Å². The first-order chi connectivity index (χ1) is 13.1. The number of hydrogen-bond donors (Lipinski definition) is 1. The van der Waals surface area contributed by atoms with Crippen LogP contribution < -0.4 is 10.1 Å². The molecule has 1 N–H and O–H groups in total. The van der Waals surface area contributed by atoms with Gasteiger partial charge in [-0.3, -0.25) is 4.79 Å². The lowest BCUT2D eigenvalue weighted by molar-refractivity contribution is -0.122. The first-order valence-electron chi connectivity index (χ1n) is 9.20. The number of nitrogens with one attached hydrogen (secondary N) is 1. The highest BCUT2D eigenvalue weighted by Crippen LogP contribution is 2.34. The summed E-state index contributed by atoms with van der Waals surface area (Å²) in [5.41, 5.74) is 2.17. The number of benzene rings is 1. The highest BCUT2D eigenvalue weighted by atomic mass is 35.5. The molecule has 1 heterocycles. The predicted molar refractivity (Wildman–Crippen MR) is 114 cm³/mol. The van der Waals surface area contributed by atoms with E-state index in [1.165, 1.54) is 11.3 Å². The van der Waals surface area contributed by atoms with Crippen LogP contribution in [0, 0.1) is 13.8 Å². The standard InChI is InChI=1S/C21H26ClNO4S/c1-7-16-14(6)28-20(18(16)21(25)26-11(2)3)23-19(24)13(5)27-17-9-8-15(22)10-12(17)4/h8-11,13H,7H2,1-6H3,(H,23,24). The average Bonchev–Trinajstić information content (AvgIpc) is 2.91. The largest absolute Gasteiger partial charge is 0.481 e. The molecule has 0 bridgehead atoms. The van der Waals surface area contributed by atoms with Gasteiger partial charge in [-0.2, -0.15) is 0 Å².